The lowest BCUT2D eigenvalue weighted by Crippen LogP contribution is -2.50. The number of hydrogen-bond acceptors (Lipinski definition) is 1. The molecule has 0 saturated heterocycles. The fourth-order valence-corrected chi connectivity index (χ4v) is 8.56. The Balaban J connectivity index is 1.53. The fraction of sp³-hybridized carbons (Fsp3) is 0.759. The first-order chi connectivity index (χ1) is 14.2. The van der Waals surface area contributed by atoms with Crippen molar-refractivity contribution < 1.29 is 4.79 Å². The van der Waals surface area contributed by atoms with E-state index in [-0.39, 0.29) is 0 Å². The lowest BCUT2D eigenvalue weighted by atomic mass is 9.46. The fourth-order valence-electron chi connectivity index (χ4n) is 8.56. The number of rotatable bonds is 5. The molecule has 8 atom stereocenters. The van der Waals surface area contributed by atoms with Crippen molar-refractivity contribution in [1.82, 2.24) is 0 Å². The molecule has 30 heavy (non-hydrogen) atoms. The van der Waals surface area contributed by atoms with E-state index in [1.165, 1.54) is 49.7 Å². The smallest absolute Gasteiger partial charge is 0.155 e. The number of hydrogen-bond donors (Lipinski definition) is 0. The molecule has 1 nitrogen and oxygen atoms in total. The van der Waals surface area contributed by atoms with Crippen molar-refractivity contribution in [3.63, 3.8) is 0 Å². The van der Waals surface area contributed by atoms with Gasteiger partial charge in [0.1, 0.15) is 0 Å². The van der Waals surface area contributed by atoms with E-state index in [9.17, 15) is 4.79 Å². The quantitative estimate of drug-likeness (QED) is 0.422. The summed E-state index contributed by atoms with van der Waals surface area (Å²) in [5, 5.41) is 0. The summed E-state index contributed by atoms with van der Waals surface area (Å²) < 4.78 is 0. The molecule has 166 valence electrons. The Kier molecular flexibility index (Phi) is 5.97. The van der Waals surface area contributed by atoms with Gasteiger partial charge in [0, 0.05) is 6.42 Å². The molecular formula is C29H44O. The van der Waals surface area contributed by atoms with Crippen molar-refractivity contribution in [3.8, 4) is 0 Å². The van der Waals surface area contributed by atoms with Gasteiger partial charge in [-0.2, -0.15) is 0 Å². The first kappa shape index (κ1) is 22.1. The van der Waals surface area contributed by atoms with E-state index >= 15 is 0 Å². The summed E-state index contributed by atoms with van der Waals surface area (Å²) in [6.45, 7) is 16.3. The Morgan fingerprint density at radius 1 is 1.13 bits per heavy atom. The minimum Gasteiger partial charge on any atom is -0.295 e. The van der Waals surface area contributed by atoms with Gasteiger partial charge in [-0.1, -0.05) is 57.6 Å². The highest BCUT2D eigenvalue weighted by atomic mass is 16.1. The average molecular weight is 409 g/mol. The van der Waals surface area contributed by atoms with E-state index in [0.717, 1.165) is 42.9 Å². The highest BCUT2D eigenvalue weighted by molar-refractivity contribution is 5.91. The lowest BCUT2D eigenvalue weighted by Gasteiger charge is -2.58. The molecule has 0 aromatic heterocycles. The molecule has 0 spiro atoms. The molecule has 4 aliphatic carbocycles. The minimum atomic E-state index is 0.303. The molecule has 8 unspecified atom stereocenters. The molecular weight excluding hydrogens is 364 g/mol. The Bertz CT molecular complexity index is 756. The van der Waals surface area contributed by atoms with Crippen LogP contribution in [0.1, 0.15) is 92.4 Å². The second-order valence-electron chi connectivity index (χ2n) is 11.8. The van der Waals surface area contributed by atoms with E-state index in [0.29, 0.717) is 28.4 Å². The molecule has 0 aromatic rings. The summed E-state index contributed by atoms with van der Waals surface area (Å²) in [7, 11) is 0. The molecule has 3 fully saturated rings. The van der Waals surface area contributed by atoms with Gasteiger partial charge < -0.3 is 0 Å². The summed E-state index contributed by atoms with van der Waals surface area (Å²) in [4.78, 5) is 12.1. The van der Waals surface area contributed by atoms with E-state index in [2.05, 4.69) is 53.3 Å². The van der Waals surface area contributed by atoms with Crippen LogP contribution >= 0.6 is 0 Å². The molecule has 0 N–H and O–H groups in total. The zero-order chi connectivity index (χ0) is 21.7. The monoisotopic (exact) mass is 408 g/mol. The maximum Gasteiger partial charge on any atom is 0.155 e. The number of ketones is 1. The molecule has 4 aliphatic rings. The van der Waals surface area contributed by atoms with Crippen LogP contribution in [-0.2, 0) is 4.79 Å². The van der Waals surface area contributed by atoms with E-state index in [1.807, 2.05) is 6.08 Å². The second kappa shape index (κ2) is 8.10. The summed E-state index contributed by atoms with van der Waals surface area (Å²) in [5.41, 5.74) is 3.59. The van der Waals surface area contributed by atoms with Crippen LogP contribution in [0.4, 0.5) is 0 Å². The van der Waals surface area contributed by atoms with Gasteiger partial charge in [0.15, 0.2) is 5.78 Å². The van der Waals surface area contributed by atoms with Gasteiger partial charge >= 0.3 is 0 Å². The first-order valence-electron chi connectivity index (χ1n) is 12.8. The van der Waals surface area contributed by atoms with Gasteiger partial charge in [0.25, 0.3) is 0 Å². The van der Waals surface area contributed by atoms with Gasteiger partial charge in [0.05, 0.1) is 0 Å². The molecule has 0 aromatic carbocycles. The summed E-state index contributed by atoms with van der Waals surface area (Å²) >= 11 is 0. The average Bonchev–Trinajstić information content (AvgIpc) is 3.06. The summed E-state index contributed by atoms with van der Waals surface area (Å²) in [6.07, 6.45) is 18.1. The van der Waals surface area contributed by atoms with Gasteiger partial charge in [0.2, 0.25) is 0 Å². The maximum absolute atomic E-state index is 12.1. The molecule has 3 saturated carbocycles. The van der Waals surface area contributed by atoms with Crippen molar-refractivity contribution in [2.24, 2.45) is 46.3 Å². The SMILES string of the molecule is C=C(C)C(C=CC(C)C1CCC2C3CCC4=CC(=O)CCC4(C)C3CCC12C)CC. The van der Waals surface area contributed by atoms with Gasteiger partial charge in [-0.15, -0.1) is 0 Å². The predicted molar refractivity (Wildman–Crippen MR) is 127 cm³/mol. The van der Waals surface area contributed by atoms with Crippen molar-refractivity contribution in [2.45, 2.75) is 92.4 Å². The van der Waals surface area contributed by atoms with Crippen LogP contribution in [0.3, 0.4) is 0 Å². The van der Waals surface area contributed by atoms with Crippen LogP contribution < -0.4 is 0 Å². The van der Waals surface area contributed by atoms with E-state index < -0.39 is 0 Å². The standard InChI is InChI=1S/C29H44O/c1-7-21(19(2)3)9-8-20(4)25-12-13-26-24-11-10-22-18-23(30)14-16-28(22,5)27(24)15-17-29(25,26)6/h8-9,18,20-21,24-27H,2,7,10-17H2,1,3-6H3. The largest absolute Gasteiger partial charge is 0.295 e. The van der Waals surface area contributed by atoms with E-state index in [1.54, 1.807) is 0 Å². The zero-order valence-electron chi connectivity index (χ0n) is 20.2. The topological polar surface area (TPSA) is 17.1 Å². The Hall–Kier alpha value is -1.11. The zero-order valence-corrected chi connectivity index (χ0v) is 20.2. The number of carbonyl (C=O) groups excluding carboxylic acids is 1. The highest BCUT2D eigenvalue weighted by Gasteiger charge is 2.59. The summed E-state index contributed by atoms with van der Waals surface area (Å²) in [5.74, 6) is 4.96. The number of fused-ring (bicyclic) bond motifs is 5. The number of carbonyl (C=O) groups is 1. The van der Waals surface area contributed by atoms with Crippen LogP contribution in [-0.4, -0.2) is 5.78 Å². The van der Waals surface area contributed by atoms with Crippen molar-refractivity contribution in [3.05, 3.63) is 36.0 Å². The number of allylic oxidation sites excluding steroid dienone is 4. The predicted octanol–water partition coefficient (Wildman–Crippen LogP) is 7.93. The lowest BCUT2D eigenvalue weighted by molar-refractivity contribution is -0.117. The Morgan fingerprint density at radius 2 is 1.90 bits per heavy atom. The van der Waals surface area contributed by atoms with Gasteiger partial charge in [-0.05, 0) is 111 Å². The molecule has 0 heterocycles. The third-order valence-electron chi connectivity index (χ3n) is 10.4. The molecule has 0 aliphatic heterocycles. The third kappa shape index (κ3) is 3.49. The van der Waals surface area contributed by atoms with Crippen molar-refractivity contribution in [2.75, 3.05) is 0 Å². The Labute approximate surface area is 185 Å². The normalized spacial score (nSPS) is 42.8. The second-order valence-corrected chi connectivity index (χ2v) is 11.8. The van der Waals surface area contributed by atoms with Crippen LogP contribution in [0.2, 0.25) is 0 Å². The summed E-state index contributed by atoms with van der Waals surface area (Å²) in [6, 6.07) is 0. The maximum atomic E-state index is 12.1. The van der Waals surface area contributed by atoms with Gasteiger partial charge in [-0.25, -0.2) is 0 Å². The van der Waals surface area contributed by atoms with Gasteiger partial charge in [-0.3, -0.25) is 4.79 Å². The molecule has 1 heteroatoms. The Morgan fingerprint density at radius 3 is 2.60 bits per heavy atom. The van der Waals surface area contributed by atoms with E-state index in [4.69, 9.17) is 0 Å². The third-order valence-corrected chi connectivity index (χ3v) is 10.4. The highest BCUT2D eigenvalue weighted by Crippen LogP contribution is 2.67. The van der Waals surface area contributed by atoms with Crippen molar-refractivity contribution in [1.29, 1.82) is 0 Å². The molecule has 0 bridgehead atoms. The van der Waals surface area contributed by atoms with Crippen LogP contribution in [0.15, 0.2) is 36.0 Å². The van der Waals surface area contributed by atoms with Crippen LogP contribution in [0, 0.1) is 46.3 Å². The molecule has 0 amide bonds. The molecule has 0 radical (unpaired) electrons. The molecule has 4 rings (SSSR count). The minimum absolute atomic E-state index is 0.303. The first-order valence-corrected chi connectivity index (χ1v) is 12.8. The van der Waals surface area contributed by atoms with Crippen LogP contribution in [0.5, 0.6) is 0 Å². The van der Waals surface area contributed by atoms with Crippen molar-refractivity contribution >= 4 is 5.78 Å². The van der Waals surface area contributed by atoms with Crippen LogP contribution in [0.25, 0.3) is 0 Å².